The van der Waals surface area contributed by atoms with Crippen LogP contribution in [0.1, 0.15) is 228 Å². The van der Waals surface area contributed by atoms with Gasteiger partial charge in [-0.25, -0.2) is 24.0 Å². The molecule has 1 fully saturated rings. The lowest BCUT2D eigenvalue weighted by atomic mass is 10.00. The summed E-state index contributed by atoms with van der Waals surface area (Å²) >= 11 is 0. The van der Waals surface area contributed by atoms with E-state index in [-0.39, 0.29) is 44.7 Å². The Hall–Kier alpha value is -10.3. The summed E-state index contributed by atoms with van der Waals surface area (Å²) in [5.41, 5.74) is -4.48. The molecule has 1 aromatic rings. The van der Waals surface area contributed by atoms with Crippen molar-refractivity contribution < 1.29 is 111 Å². The third-order valence-electron chi connectivity index (χ3n) is 16.9. The molecule has 119 heavy (non-hydrogen) atoms. The smallest absolute Gasteiger partial charge is 0.407 e. The Morgan fingerprint density at radius 2 is 0.815 bits per heavy atom. The second kappa shape index (κ2) is 50.5. The molecule has 0 aliphatic carbocycles. The van der Waals surface area contributed by atoms with E-state index in [4.69, 9.17) is 23.7 Å². The topological polar surface area (TPSA) is 552 Å². The van der Waals surface area contributed by atoms with Crippen molar-refractivity contribution in [2.45, 2.75) is 329 Å². The van der Waals surface area contributed by atoms with Crippen molar-refractivity contribution in [2.24, 2.45) is 5.92 Å². The average Bonchev–Trinajstić information content (AvgIpc) is 1.22. The van der Waals surface area contributed by atoms with E-state index >= 15 is 19.2 Å². The van der Waals surface area contributed by atoms with Gasteiger partial charge in [0.2, 0.25) is 65.0 Å². The number of alkyl carbamates (subject to hydrolysis) is 5. The summed E-state index contributed by atoms with van der Waals surface area (Å²) in [5.74, 6) is -12.1. The van der Waals surface area contributed by atoms with E-state index in [1.54, 1.807) is 148 Å². The first-order valence-electron chi connectivity index (χ1n) is 40.7. The molecule has 0 saturated carbocycles. The predicted octanol–water partition coefficient (Wildman–Crippen LogP) is 2.34. The third kappa shape index (κ3) is 46.0. The average molecular weight is 1690 g/mol. The highest BCUT2D eigenvalue weighted by Gasteiger charge is 2.39. The molecule has 1 aromatic carbocycles. The molecule has 2 rings (SSSR count). The summed E-state index contributed by atoms with van der Waals surface area (Å²) in [5, 5.41) is 63.2. The summed E-state index contributed by atoms with van der Waals surface area (Å²) in [4.78, 5) is 228. The van der Waals surface area contributed by atoms with Crippen LogP contribution in [0, 0.1) is 5.92 Å². The quantitative estimate of drug-likeness (QED) is 0.0348. The second-order valence-corrected chi connectivity index (χ2v) is 34.7. The molecule has 1 aliphatic rings. The van der Waals surface area contributed by atoms with Gasteiger partial charge >= 0.3 is 30.5 Å². The number of carbonyl (C=O) groups excluding carboxylic acids is 16. The van der Waals surface area contributed by atoms with E-state index in [9.17, 15) is 67.7 Å². The summed E-state index contributed by atoms with van der Waals surface area (Å²) < 4.78 is 26.9. The van der Waals surface area contributed by atoms with Crippen LogP contribution in [0.3, 0.4) is 0 Å². The fraction of sp³-hybridized carbons (Fsp3) is 0.725. The monoisotopic (exact) mass is 1690 g/mol. The lowest BCUT2D eigenvalue weighted by Crippen LogP contribution is -2.62. The molecule has 0 spiro atoms. The Bertz CT molecular complexity index is 3510. The predicted molar refractivity (Wildman–Crippen MR) is 438 cm³/mol. The third-order valence-corrected chi connectivity index (χ3v) is 16.9. The van der Waals surface area contributed by atoms with Crippen LogP contribution in [0.4, 0.5) is 24.0 Å². The molecular weight excluding hydrogens is 1550 g/mol. The van der Waals surface area contributed by atoms with Crippen LogP contribution in [-0.2, 0) is 82.8 Å². The van der Waals surface area contributed by atoms with E-state index in [1.165, 1.54) is 0 Å². The fourth-order valence-corrected chi connectivity index (χ4v) is 11.4. The van der Waals surface area contributed by atoms with Crippen molar-refractivity contribution in [3.63, 3.8) is 0 Å². The van der Waals surface area contributed by atoms with Gasteiger partial charge in [-0.1, -0.05) is 76.8 Å². The number of aliphatic hydroxyl groups excluding tert-OH is 2. The molecule has 12 atom stereocenters. The number of aliphatic hydroxyl groups is 2. The number of ether oxygens (including phenoxy) is 5. The molecule has 1 heterocycles. The van der Waals surface area contributed by atoms with Gasteiger partial charge in [0.05, 0.1) is 12.2 Å². The molecule has 1 aliphatic heterocycles. The lowest BCUT2D eigenvalue weighted by Gasteiger charge is -2.29. The van der Waals surface area contributed by atoms with Crippen LogP contribution < -0.4 is 85.1 Å². The number of rotatable bonds is 34. The molecule has 674 valence electrons. The van der Waals surface area contributed by atoms with Crippen molar-refractivity contribution in [1.29, 1.82) is 0 Å². The molecule has 39 nitrogen and oxygen atoms in total. The Morgan fingerprint density at radius 1 is 0.437 bits per heavy atom. The van der Waals surface area contributed by atoms with Crippen molar-refractivity contribution in [3.05, 3.63) is 35.9 Å². The van der Waals surface area contributed by atoms with Crippen LogP contribution in [0.15, 0.2) is 30.3 Å². The SMILES string of the molecule is CCCCCCCC(=O)N[C@@H](CCNC(=O)OC(C)(C)C)C(=O)NC(C(=O)N[C@@H](CCNC(=O)OC(C)(C)C)C(=O)N[C@H]1CCNC(=O)[C@H]([C@@H](C)O)NC(=O)[C@H](CCNC(=O)OC(C)(C)C)NC(=O)[C@H](CCNC(=O)OC(C)(C)C)NC(=O)[C@H](CC(C)C)NC(=O)[C@@H](Cc2ccccc2)NC(=O)[C@H](CCNC(=O)OC(C)(C)C)NC1=O)[C@@H](C)O. The summed E-state index contributed by atoms with van der Waals surface area (Å²) in [7, 11) is 0. The lowest BCUT2D eigenvalue weighted by molar-refractivity contribution is -0.137. The zero-order chi connectivity index (χ0) is 90.3. The van der Waals surface area contributed by atoms with Crippen molar-refractivity contribution >= 4 is 95.4 Å². The summed E-state index contributed by atoms with van der Waals surface area (Å²) in [6, 6.07) is -9.26. The molecule has 1 saturated heterocycles. The van der Waals surface area contributed by atoms with Gasteiger partial charge < -0.3 is 119 Å². The number of carbonyl (C=O) groups is 16. The first-order valence-corrected chi connectivity index (χ1v) is 40.7. The van der Waals surface area contributed by atoms with Crippen LogP contribution >= 0.6 is 0 Å². The number of nitrogens with one attached hydrogen (secondary N) is 16. The highest BCUT2D eigenvalue weighted by Crippen LogP contribution is 2.16. The number of hydrogen-bond acceptors (Lipinski definition) is 23. The van der Waals surface area contributed by atoms with Crippen LogP contribution in [0.5, 0.6) is 0 Å². The van der Waals surface area contributed by atoms with Gasteiger partial charge in [-0.05, 0) is 181 Å². The number of amides is 16. The number of benzene rings is 1. The number of hydrogen-bond donors (Lipinski definition) is 18. The van der Waals surface area contributed by atoms with E-state index in [0.29, 0.717) is 18.4 Å². The molecule has 0 radical (unpaired) electrons. The Kier molecular flexibility index (Phi) is 44.5. The standard InChI is InChI=1S/C80H136N16O23/c1-21-22-23-24-28-31-58(99)87-50(33-39-82-71(110)115-76(6,7)8)65(104)96-60(48(5)98)70(109)92-54(36-42-85-74(113)118-79(15,16)17)63(102)88-51-32-38-81-69(108)59(47(4)97)95-66(105)55(37-43-86-75(114)119-80(18,19)20)90-62(101)52(34-40-83-72(111)116-77(9,10)11)91-67(106)56(44-46(2)3)93-68(107)57(45-49-29-26-25-27-30-49)94-64(103)53(89-61(51)100)35-41-84-73(112)117-78(12,13)14/h25-27,29-30,46-48,50-57,59-60,97-98H,21-24,28,31-45H2,1-20H3,(H,81,108)(H,82,110)(H,83,111)(H,84,112)(H,85,113)(H,86,114)(H,87,99)(H,88,102)(H,89,100)(H,90,101)(H,91,106)(H,92,109)(H,93,107)(H,94,103)(H,95,105)(H,96,104)/t47-,48-,50+,51+,52+,53+,54+,55+,56+,57-,59+,60?/m1/s1. The van der Waals surface area contributed by atoms with E-state index < -0.39 is 254 Å². The van der Waals surface area contributed by atoms with Crippen LogP contribution in [0.25, 0.3) is 0 Å². The number of unbranched alkanes of at least 4 members (excludes halogenated alkanes) is 4. The normalized spacial score (nSPS) is 19.8. The molecule has 39 heteroatoms. The van der Waals surface area contributed by atoms with Gasteiger partial charge in [0.1, 0.15) is 88.4 Å². The first-order chi connectivity index (χ1) is 55.1. The molecule has 1 unspecified atom stereocenters. The van der Waals surface area contributed by atoms with E-state index in [1.807, 2.05) is 6.92 Å². The van der Waals surface area contributed by atoms with Gasteiger partial charge in [0.25, 0.3) is 0 Å². The van der Waals surface area contributed by atoms with Gasteiger partial charge in [-0.15, -0.1) is 0 Å². The Morgan fingerprint density at radius 3 is 1.23 bits per heavy atom. The Labute approximate surface area is 698 Å². The maximum atomic E-state index is 15.4. The summed E-state index contributed by atoms with van der Waals surface area (Å²) in [6.45, 7) is 29.1. The van der Waals surface area contributed by atoms with Gasteiger partial charge in [-0.3, -0.25) is 52.7 Å². The first kappa shape index (κ1) is 105. The fourth-order valence-electron chi connectivity index (χ4n) is 11.4. The molecule has 16 amide bonds. The maximum absolute atomic E-state index is 15.4. The van der Waals surface area contributed by atoms with Crippen molar-refractivity contribution in [1.82, 2.24) is 85.1 Å². The van der Waals surface area contributed by atoms with Crippen LogP contribution in [0.2, 0.25) is 0 Å². The molecule has 18 N–H and O–H groups in total. The minimum absolute atomic E-state index is 0.00579. The summed E-state index contributed by atoms with van der Waals surface area (Å²) in [6.07, 6.45) is -7.53. The molecular formula is C80H136N16O23. The Balaban J connectivity index is 3.11. The molecule has 0 aromatic heterocycles. The molecule has 0 bridgehead atoms. The van der Waals surface area contributed by atoms with E-state index in [0.717, 1.165) is 33.1 Å². The van der Waals surface area contributed by atoms with E-state index in [2.05, 4.69) is 85.1 Å². The highest BCUT2D eigenvalue weighted by atomic mass is 16.6. The largest absolute Gasteiger partial charge is 0.444 e. The van der Waals surface area contributed by atoms with Crippen LogP contribution in [-0.4, -0.2) is 246 Å². The minimum atomic E-state index is -1.95. The maximum Gasteiger partial charge on any atom is 0.407 e. The van der Waals surface area contributed by atoms with Gasteiger partial charge in [0, 0.05) is 52.1 Å². The van der Waals surface area contributed by atoms with Gasteiger partial charge in [0.15, 0.2) is 0 Å². The van der Waals surface area contributed by atoms with Crippen molar-refractivity contribution in [2.75, 3.05) is 39.3 Å². The highest BCUT2D eigenvalue weighted by molar-refractivity contribution is 5.99. The van der Waals surface area contributed by atoms with Crippen molar-refractivity contribution in [3.8, 4) is 0 Å². The van der Waals surface area contributed by atoms with Gasteiger partial charge in [-0.2, -0.15) is 0 Å². The zero-order valence-corrected chi connectivity index (χ0v) is 73.0. The second-order valence-electron chi connectivity index (χ2n) is 34.7. The minimum Gasteiger partial charge on any atom is -0.444 e. The zero-order valence-electron chi connectivity index (χ0n) is 73.0.